The van der Waals surface area contributed by atoms with Gasteiger partial charge in [0.05, 0.1) is 12.0 Å². The van der Waals surface area contributed by atoms with Crippen LogP contribution in [0.2, 0.25) is 0 Å². The van der Waals surface area contributed by atoms with E-state index in [4.69, 9.17) is 5.26 Å². The van der Waals surface area contributed by atoms with E-state index in [2.05, 4.69) is 0 Å². The van der Waals surface area contributed by atoms with E-state index >= 15 is 0 Å². The maximum absolute atomic E-state index is 10.5. The summed E-state index contributed by atoms with van der Waals surface area (Å²) < 4.78 is 0. The Kier molecular flexibility index (Phi) is 3.02. The smallest absolute Gasteiger partial charge is 0.217 e. The Bertz CT molecular complexity index is 278. The van der Waals surface area contributed by atoms with E-state index in [9.17, 15) is 10.1 Å². The fourth-order valence-corrected chi connectivity index (χ4v) is 1.68. The van der Waals surface area contributed by atoms with Crippen LogP contribution >= 0.6 is 0 Å². The van der Waals surface area contributed by atoms with Gasteiger partial charge in [0, 0.05) is 17.4 Å². The fourth-order valence-electron chi connectivity index (χ4n) is 1.68. The lowest BCUT2D eigenvalue weighted by molar-refractivity contribution is -0.525. The van der Waals surface area contributed by atoms with Crippen LogP contribution < -0.4 is 0 Å². The van der Waals surface area contributed by atoms with Crippen molar-refractivity contribution in [3.63, 3.8) is 0 Å². The van der Waals surface area contributed by atoms with Crippen molar-refractivity contribution in [2.45, 2.75) is 32.2 Å². The SMILES string of the molecule is CC(C1CCCC=C1C#N)[N+](=O)[O-]. The lowest BCUT2D eigenvalue weighted by Crippen LogP contribution is -2.28. The van der Waals surface area contributed by atoms with Crippen molar-refractivity contribution >= 4 is 0 Å². The first kappa shape index (κ1) is 9.72. The van der Waals surface area contributed by atoms with Crippen LogP contribution in [0.25, 0.3) is 0 Å². The molecule has 0 aromatic rings. The average Bonchev–Trinajstić information content (AvgIpc) is 2.16. The summed E-state index contributed by atoms with van der Waals surface area (Å²) >= 11 is 0. The van der Waals surface area contributed by atoms with Gasteiger partial charge in [-0.1, -0.05) is 6.08 Å². The third kappa shape index (κ3) is 2.05. The summed E-state index contributed by atoms with van der Waals surface area (Å²) in [6, 6.07) is 1.41. The molecular formula is C9H12N2O2. The van der Waals surface area contributed by atoms with Crippen molar-refractivity contribution in [1.82, 2.24) is 0 Å². The Labute approximate surface area is 77.0 Å². The van der Waals surface area contributed by atoms with Crippen molar-refractivity contribution in [2.24, 2.45) is 5.92 Å². The highest BCUT2D eigenvalue weighted by molar-refractivity contribution is 5.26. The summed E-state index contributed by atoms with van der Waals surface area (Å²) in [5.41, 5.74) is 0.593. The molecule has 0 radical (unpaired) electrons. The Morgan fingerprint density at radius 3 is 3.08 bits per heavy atom. The third-order valence-corrected chi connectivity index (χ3v) is 2.53. The molecule has 0 amide bonds. The molecule has 2 atom stereocenters. The topological polar surface area (TPSA) is 66.9 Å². The van der Waals surface area contributed by atoms with E-state index in [0.717, 1.165) is 19.3 Å². The number of rotatable bonds is 2. The summed E-state index contributed by atoms with van der Waals surface area (Å²) in [5.74, 6) is -0.172. The normalized spacial score (nSPS) is 24.3. The Morgan fingerprint density at radius 2 is 2.54 bits per heavy atom. The molecule has 1 rings (SSSR count). The van der Waals surface area contributed by atoms with Gasteiger partial charge in [-0.3, -0.25) is 10.1 Å². The van der Waals surface area contributed by atoms with E-state index < -0.39 is 6.04 Å². The van der Waals surface area contributed by atoms with Gasteiger partial charge in [-0.05, 0) is 19.3 Å². The highest BCUT2D eigenvalue weighted by Gasteiger charge is 2.30. The first-order chi connectivity index (χ1) is 6.16. The molecule has 4 nitrogen and oxygen atoms in total. The van der Waals surface area contributed by atoms with Crippen LogP contribution in [0, 0.1) is 27.4 Å². The molecule has 0 heterocycles. The van der Waals surface area contributed by atoms with E-state index in [1.165, 1.54) is 0 Å². The summed E-state index contributed by atoms with van der Waals surface area (Å²) in [4.78, 5) is 10.2. The van der Waals surface area contributed by atoms with Gasteiger partial charge in [-0.15, -0.1) is 0 Å². The number of hydrogen-bond acceptors (Lipinski definition) is 3. The van der Waals surface area contributed by atoms with Gasteiger partial charge in [0.15, 0.2) is 0 Å². The molecule has 1 aliphatic carbocycles. The van der Waals surface area contributed by atoms with Gasteiger partial charge in [-0.25, -0.2) is 0 Å². The second kappa shape index (κ2) is 4.04. The quantitative estimate of drug-likeness (QED) is 0.481. The molecule has 0 bridgehead atoms. The van der Waals surface area contributed by atoms with E-state index in [1.807, 2.05) is 12.1 Å². The number of nitriles is 1. The van der Waals surface area contributed by atoms with Crippen molar-refractivity contribution in [3.8, 4) is 6.07 Å². The van der Waals surface area contributed by atoms with Crippen LogP contribution in [0.5, 0.6) is 0 Å². The monoisotopic (exact) mass is 180 g/mol. The van der Waals surface area contributed by atoms with Gasteiger partial charge >= 0.3 is 0 Å². The van der Waals surface area contributed by atoms with Gasteiger partial charge < -0.3 is 0 Å². The molecule has 0 saturated carbocycles. The zero-order valence-corrected chi connectivity index (χ0v) is 7.56. The van der Waals surface area contributed by atoms with Crippen molar-refractivity contribution in [3.05, 3.63) is 21.8 Å². The number of hydrogen-bond donors (Lipinski definition) is 0. The van der Waals surface area contributed by atoms with Crippen LogP contribution in [-0.2, 0) is 0 Å². The minimum absolute atomic E-state index is 0.172. The summed E-state index contributed by atoms with van der Waals surface area (Å²) in [7, 11) is 0. The van der Waals surface area contributed by atoms with Crippen molar-refractivity contribution in [2.75, 3.05) is 0 Å². The molecule has 0 aromatic heterocycles. The first-order valence-electron chi connectivity index (χ1n) is 4.40. The van der Waals surface area contributed by atoms with E-state index in [-0.39, 0.29) is 10.8 Å². The van der Waals surface area contributed by atoms with E-state index in [0.29, 0.717) is 5.57 Å². The summed E-state index contributed by atoms with van der Waals surface area (Å²) in [6.07, 6.45) is 4.42. The number of allylic oxidation sites excluding steroid dienone is 1. The van der Waals surface area contributed by atoms with Gasteiger partial charge in [0.25, 0.3) is 0 Å². The van der Waals surface area contributed by atoms with Crippen LogP contribution in [0.15, 0.2) is 11.6 Å². The molecule has 0 N–H and O–H groups in total. The van der Waals surface area contributed by atoms with Crippen molar-refractivity contribution < 1.29 is 4.92 Å². The third-order valence-electron chi connectivity index (χ3n) is 2.53. The molecular weight excluding hydrogens is 168 g/mol. The maximum Gasteiger partial charge on any atom is 0.217 e. The largest absolute Gasteiger partial charge is 0.264 e. The molecule has 4 heteroatoms. The van der Waals surface area contributed by atoms with E-state index in [1.54, 1.807) is 6.92 Å². The maximum atomic E-state index is 10.5. The highest BCUT2D eigenvalue weighted by Crippen LogP contribution is 2.28. The fraction of sp³-hybridized carbons (Fsp3) is 0.667. The Hall–Kier alpha value is -1.37. The number of nitro groups is 1. The van der Waals surface area contributed by atoms with Gasteiger partial charge in [0.2, 0.25) is 6.04 Å². The first-order valence-corrected chi connectivity index (χ1v) is 4.40. The minimum Gasteiger partial charge on any atom is -0.264 e. The molecule has 0 aliphatic heterocycles. The standard InChI is InChI=1S/C9H12N2O2/c1-7(11(12)13)9-5-3-2-4-8(9)6-10/h4,7,9H,2-3,5H2,1H3. The van der Waals surface area contributed by atoms with Crippen LogP contribution in [0.4, 0.5) is 0 Å². The molecule has 0 saturated heterocycles. The Balaban J connectivity index is 2.79. The molecule has 0 fully saturated rings. The second-order valence-electron chi connectivity index (χ2n) is 3.33. The predicted octanol–water partition coefficient (Wildman–Crippen LogP) is 1.90. The molecule has 0 aromatic carbocycles. The molecule has 70 valence electrons. The molecule has 13 heavy (non-hydrogen) atoms. The lowest BCUT2D eigenvalue weighted by Gasteiger charge is -2.20. The summed E-state index contributed by atoms with van der Waals surface area (Å²) in [5, 5.41) is 19.3. The van der Waals surface area contributed by atoms with Crippen LogP contribution in [0.1, 0.15) is 26.2 Å². The molecule has 2 unspecified atom stereocenters. The molecule has 0 spiro atoms. The van der Waals surface area contributed by atoms with Crippen LogP contribution in [0.3, 0.4) is 0 Å². The van der Waals surface area contributed by atoms with Gasteiger partial charge in [-0.2, -0.15) is 5.26 Å². The second-order valence-corrected chi connectivity index (χ2v) is 3.33. The average molecular weight is 180 g/mol. The summed E-state index contributed by atoms with van der Waals surface area (Å²) in [6.45, 7) is 1.57. The predicted molar refractivity (Wildman–Crippen MR) is 47.5 cm³/mol. The Morgan fingerprint density at radius 1 is 1.85 bits per heavy atom. The lowest BCUT2D eigenvalue weighted by atomic mass is 9.84. The zero-order chi connectivity index (χ0) is 9.84. The zero-order valence-electron chi connectivity index (χ0n) is 7.56. The van der Waals surface area contributed by atoms with Crippen LogP contribution in [-0.4, -0.2) is 11.0 Å². The minimum atomic E-state index is -0.633. The number of nitrogens with zero attached hydrogens (tertiary/aromatic N) is 2. The molecule has 1 aliphatic rings. The highest BCUT2D eigenvalue weighted by atomic mass is 16.6. The van der Waals surface area contributed by atoms with Crippen molar-refractivity contribution in [1.29, 1.82) is 5.26 Å². The van der Waals surface area contributed by atoms with Gasteiger partial charge in [0.1, 0.15) is 0 Å².